The van der Waals surface area contributed by atoms with E-state index in [1.54, 1.807) is 0 Å². The van der Waals surface area contributed by atoms with Crippen LogP contribution in [0.1, 0.15) is 0 Å². The minimum absolute atomic E-state index is 0.970. The second-order valence-corrected chi connectivity index (χ2v) is 6.52. The summed E-state index contributed by atoms with van der Waals surface area (Å²) >= 11 is 0. The molecule has 0 saturated heterocycles. The zero-order valence-electron chi connectivity index (χ0n) is 14.2. The maximum Gasteiger partial charge on any atom is 0.0576 e. The summed E-state index contributed by atoms with van der Waals surface area (Å²) in [7, 11) is 0. The van der Waals surface area contributed by atoms with Gasteiger partial charge in [0.2, 0.25) is 0 Å². The topological polar surface area (TPSA) is 38.0 Å². The van der Waals surface area contributed by atoms with Crippen LogP contribution in [0.4, 0.5) is 5.69 Å². The highest BCUT2D eigenvalue weighted by atomic mass is 15.2. The highest BCUT2D eigenvalue weighted by Crippen LogP contribution is 2.57. The van der Waals surface area contributed by atoms with Gasteiger partial charge in [0, 0.05) is 11.1 Å². The molecule has 0 spiro atoms. The van der Waals surface area contributed by atoms with E-state index in [-0.39, 0.29) is 0 Å². The molecule has 0 radical (unpaired) electrons. The average Bonchev–Trinajstić information content (AvgIpc) is 2.71. The van der Waals surface area contributed by atoms with Crippen LogP contribution in [0.15, 0.2) is 91.0 Å². The fourth-order valence-corrected chi connectivity index (χ4v) is 3.95. The highest BCUT2D eigenvalue weighted by Gasteiger charge is 2.30. The quantitative estimate of drug-likeness (QED) is 0.316. The molecule has 3 N–H and O–H groups in total. The number of nitrogens with one attached hydrogen (secondary N) is 1. The summed E-state index contributed by atoms with van der Waals surface area (Å²) in [6, 6.07) is 31.8. The smallest absolute Gasteiger partial charge is 0.0576 e. The lowest BCUT2D eigenvalue weighted by atomic mass is 9.73. The number of nitrogens with two attached hydrogens (primary N) is 1. The second kappa shape index (κ2) is 5.87. The Bertz CT molecular complexity index is 1080. The predicted octanol–water partition coefficient (Wildman–Crippen LogP) is 5.95. The molecule has 0 aromatic heterocycles. The van der Waals surface area contributed by atoms with E-state index < -0.39 is 0 Å². The van der Waals surface area contributed by atoms with Crippen molar-refractivity contribution in [2.45, 2.75) is 0 Å². The van der Waals surface area contributed by atoms with Crippen LogP contribution in [0, 0.1) is 0 Å². The van der Waals surface area contributed by atoms with E-state index >= 15 is 0 Å². The monoisotopic (exact) mass is 334 g/mol. The van der Waals surface area contributed by atoms with Crippen molar-refractivity contribution in [3.05, 3.63) is 91.0 Å². The molecule has 5 rings (SSSR count). The third-order valence-corrected chi connectivity index (χ3v) is 5.10. The molecule has 4 aromatic rings. The van der Waals surface area contributed by atoms with Crippen LogP contribution >= 0.6 is 0 Å². The van der Waals surface area contributed by atoms with Crippen LogP contribution in [0.5, 0.6) is 0 Å². The van der Waals surface area contributed by atoms with Gasteiger partial charge >= 0.3 is 0 Å². The maximum absolute atomic E-state index is 5.90. The van der Waals surface area contributed by atoms with Crippen molar-refractivity contribution >= 4 is 5.69 Å². The van der Waals surface area contributed by atoms with Crippen LogP contribution < -0.4 is 11.3 Å². The number of benzene rings is 4. The number of anilines is 1. The molecular weight excluding hydrogens is 316 g/mol. The highest BCUT2D eigenvalue weighted by molar-refractivity contribution is 6.16. The van der Waals surface area contributed by atoms with E-state index in [2.05, 4.69) is 90.4 Å². The van der Waals surface area contributed by atoms with E-state index in [0.717, 1.165) is 5.69 Å². The molecule has 124 valence electrons. The molecule has 1 aliphatic carbocycles. The summed E-state index contributed by atoms with van der Waals surface area (Å²) in [5.41, 5.74) is 13.8. The number of rotatable bonds is 3. The fraction of sp³-hybridized carbons (Fsp3) is 0. The van der Waals surface area contributed by atoms with Crippen LogP contribution in [0.25, 0.3) is 44.5 Å². The molecule has 0 aliphatic heterocycles. The van der Waals surface area contributed by atoms with Gasteiger partial charge < -0.3 is 5.43 Å². The van der Waals surface area contributed by atoms with Crippen molar-refractivity contribution in [3.63, 3.8) is 0 Å². The Hall–Kier alpha value is -3.36. The van der Waals surface area contributed by atoms with Gasteiger partial charge in [-0.2, -0.15) is 0 Å². The zero-order chi connectivity index (χ0) is 17.5. The first kappa shape index (κ1) is 14.9. The van der Waals surface area contributed by atoms with Gasteiger partial charge in [0.25, 0.3) is 0 Å². The minimum atomic E-state index is 0.970. The standard InChI is InChI=1S/C24H18N2/c25-26-21-15-20(16-9-3-1-4-10-16)22(17-11-5-2-6-12-17)24-19-14-8-7-13-18(19)23(21)24/h1-15,26H,25H2. The molecule has 2 heteroatoms. The molecule has 0 amide bonds. The van der Waals surface area contributed by atoms with Crippen molar-refractivity contribution in [1.29, 1.82) is 0 Å². The van der Waals surface area contributed by atoms with E-state index in [1.165, 1.54) is 44.5 Å². The summed E-state index contributed by atoms with van der Waals surface area (Å²) < 4.78 is 0. The molecule has 1 aliphatic rings. The number of hydrogen-bond donors (Lipinski definition) is 2. The van der Waals surface area contributed by atoms with Crippen molar-refractivity contribution < 1.29 is 0 Å². The SMILES string of the molecule is NNc1cc(-c2ccccc2)c(-c2ccccc2)c2c1-c1ccccc1-2. The van der Waals surface area contributed by atoms with Gasteiger partial charge in [-0.15, -0.1) is 0 Å². The van der Waals surface area contributed by atoms with E-state index in [1.807, 2.05) is 6.07 Å². The van der Waals surface area contributed by atoms with Crippen molar-refractivity contribution in [1.82, 2.24) is 0 Å². The second-order valence-electron chi connectivity index (χ2n) is 6.52. The first-order chi connectivity index (χ1) is 12.9. The maximum atomic E-state index is 5.90. The molecule has 2 nitrogen and oxygen atoms in total. The van der Waals surface area contributed by atoms with Crippen molar-refractivity contribution in [2.24, 2.45) is 5.84 Å². The first-order valence-corrected chi connectivity index (χ1v) is 8.76. The number of fused-ring (bicyclic) bond motifs is 4. The largest absolute Gasteiger partial charge is 0.323 e. The summed E-state index contributed by atoms with van der Waals surface area (Å²) in [5, 5.41) is 0. The lowest BCUT2D eigenvalue weighted by Gasteiger charge is -2.31. The van der Waals surface area contributed by atoms with Crippen LogP contribution in [-0.2, 0) is 0 Å². The van der Waals surface area contributed by atoms with E-state index in [0.29, 0.717) is 0 Å². The van der Waals surface area contributed by atoms with E-state index in [9.17, 15) is 0 Å². The van der Waals surface area contributed by atoms with Crippen LogP contribution in [-0.4, -0.2) is 0 Å². The molecule has 0 unspecified atom stereocenters. The molecule has 4 aromatic carbocycles. The fourth-order valence-electron chi connectivity index (χ4n) is 3.95. The zero-order valence-corrected chi connectivity index (χ0v) is 14.2. The Balaban J connectivity index is 1.89. The van der Waals surface area contributed by atoms with Gasteiger partial charge in [-0.25, -0.2) is 0 Å². The van der Waals surface area contributed by atoms with E-state index in [4.69, 9.17) is 5.84 Å². The van der Waals surface area contributed by atoms with Crippen LogP contribution in [0.3, 0.4) is 0 Å². The van der Waals surface area contributed by atoms with Gasteiger partial charge in [-0.3, -0.25) is 5.84 Å². The molecular formula is C24H18N2. The van der Waals surface area contributed by atoms with Crippen molar-refractivity contribution in [2.75, 3.05) is 5.43 Å². The molecule has 0 atom stereocenters. The Kier molecular flexibility index (Phi) is 3.37. The summed E-state index contributed by atoms with van der Waals surface area (Å²) in [6.07, 6.45) is 0. The van der Waals surface area contributed by atoms with Gasteiger partial charge in [-0.05, 0) is 39.4 Å². The predicted molar refractivity (Wildman–Crippen MR) is 110 cm³/mol. The summed E-state index contributed by atoms with van der Waals surface area (Å²) in [4.78, 5) is 0. The molecule has 0 bridgehead atoms. The lowest BCUT2D eigenvalue weighted by Crippen LogP contribution is -2.13. The first-order valence-electron chi connectivity index (χ1n) is 8.76. The average molecular weight is 334 g/mol. The minimum Gasteiger partial charge on any atom is -0.323 e. The van der Waals surface area contributed by atoms with Crippen LogP contribution in [0.2, 0.25) is 0 Å². The van der Waals surface area contributed by atoms with Gasteiger partial charge in [0.15, 0.2) is 0 Å². The normalized spacial score (nSPS) is 11.3. The summed E-state index contributed by atoms with van der Waals surface area (Å²) in [5.74, 6) is 5.90. The number of hydrogen-bond acceptors (Lipinski definition) is 2. The Morgan fingerprint density at radius 3 is 1.65 bits per heavy atom. The molecule has 26 heavy (non-hydrogen) atoms. The third-order valence-electron chi connectivity index (χ3n) is 5.10. The van der Waals surface area contributed by atoms with Gasteiger partial charge in [0.1, 0.15) is 0 Å². The van der Waals surface area contributed by atoms with Crippen molar-refractivity contribution in [3.8, 4) is 44.5 Å². The molecule has 0 fully saturated rings. The van der Waals surface area contributed by atoms with Gasteiger partial charge in [0.05, 0.1) is 5.69 Å². The molecule has 0 saturated carbocycles. The van der Waals surface area contributed by atoms with Gasteiger partial charge in [-0.1, -0.05) is 84.9 Å². The number of hydrazine groups is 1. The third kappa shape index (κ3) is 2.10. The Labute approximate surface area is 152 Å². The Morgan fingerprint density at radius 2 is 1.04 bits per heavy atom. The summed E-state index contributed by atoms with van der Waals surface area (Å²) in [6.45, 7) is 0. The lowest BCUT2D eigenvalue weighted by molar-refractivity contribution is 1.34. The Morgan fingerprint density at radius 1 is 0.500 bits per heavy atom. The number of nitrogen functional groups attached to an aromatic ring is 1. The molecule has 0 heterocycles.